The number of benzene rings is 2. The van der Waals surface area contributed by atoms with Gasteiger partial charge >= 0.3 is 11.8 Å². The first-order chi connectivity index (χ1) is 13.9. The molecule has 0 unspecified atom stereocenters. The zero-order valence-corrected chi connectivity index (χ0v) is 16.6. The second-order valence-corrected chi connectivity index (χ2v) is 6.75. The summed E-state index contributed by atoms with van der Waals surface area (Å²) in [5.74, 6) is -1.62. The first-order valence-electron chi connectivity index (χ1n) is 9.23. The fourth-order valence-electron chi connectivity index (χ4n) is 2.84. The lowest BCUT2D eigenvalue weighted by Gasteiger charge is -2.05. The molecule has 1 aromatic heterocycles. The number of nitrogens with one attached hydrogen (secondary N) is 2. The highest BCUT2D eigenvalue weighted by atomic mass is 16.2. The maximum atomic E-state index is 12.0. The van der Waals surface area contributed by atoms with Gasteiger partial charge in [0.05, 0.1) is 18.5 Å². The van der Waals surface area contributed by atoms with Gasteiger partial charge in [0.25, 0.3) is 0 Å². The lowest BCUT2D eigenvalue weighted by molar-refractivity contribution is -0.136. The van der Waals surface area contributed by atoms with E-state index in [1.54, 1.807) is 12.1 Å². The summed E-state index contributed by atoms with van der Waals surface area (Å²) in [7, 11) is 0. The first-order valence-corrected chi connectivity index (χ1v) is 9.23. The molecule has 0 atom stereocenters. The standard InChI is InChI=1S/C22H23N5O2/c1-15-9-11-19(12-10-15)24-21(28)22(29)25-23-13-20-16(2)26-27(17(20)3)14-18-7-5-4-6-8-18/h4-13H,14H2,1-3H3,(H,24,28)(H,25,29)/b23-13-. The molecule has 0 aliphatic carbocycles. The normalized spacial score (nSPS) is 10.9. The summed E-state index contributed by atoms with van der Waals surface area (Å²) >= 11 is 0. The largest absolute Gasteiger partial charge is 0.329 e. The maximum Gasteiger partial charge on any atom is 0.329 e. The van der Waals surface area contributed by atoms with Crippen LogP contribution in [0.3, 0.4) is 0 Å². The number of anilines is 1. The van der Waals surface area contributed by atoms with Gasteiger partial charge in [-0.25, -0.2) is 5.43 Å². The Hall–Kier alpha value is -3.74. The molecular weight excluding hydrogens is 366 g/mol. The van der Waals surface area contributed by atoms with Gasteiger partial charge in [0, 0.05) is 16.9 Å². The lowest BCUT2D eigenvalue weighted by Crippen LogP contribution is -2.32. The van der Waals surface area contributed by atoms with Crippen molar-refractivity contribution in [3.05, 3.63) is 82.7 Å². The number of carbonyl (C=O) groups excluding carboxylic acids is 2. The molecule has 0 saturated carbocycles. The quantitative estimate of drug-likeness (QED) is 0.399. The summed E-state index contributed by atoms with van der Waals surface area (Å²) in [5.41, 5.74) is 7.54. The van der Waals surface area contributed by atoms with Crippen LogP contribution in [0.5, 0.6) is 0 Å². The monoisotopic (exact) mass is 389 g/mol. The van der Waals surface area contributed by atoms with Crippen molar-refractivity contribution in [2.45, 2.75) is 27.3 Å². The summed E-state index contributed by atoms with van der Waals surface area (Å²) in [5, 5.41) is 11.0. The van der Waals surface area contributed by atoms with Crippen LogP contribution in [-0.2, 0) is 16.1 Å². The molecule has 0 saturated heterocycles. The Morgan fingerprint density at radius 1 is 1.00 bits per heavy atom. The number of carbonyl (C=O) groups is 2. The molecule has 29 heavy (non-hydrogen) atoms. The summed E-state index contributed by atoms with van der Waals surface area (Å²) in [4.78, 5) is 23.9. The molecule has 0 spiro atoms. The Balaban J connectivity index is 1.61. The topological polar surface area (TPSA) is 88.4 Å². The van der Waals surface area contributed by atoms with E-state index in [0.29, 0.717) is 12.2 Å². The Morgan fingerprint density at radius 2 is 1.69 bits per heavy atom. The van der Waals surface area contributed by atoms with Crippen molar-refractivity contribution in [2.75, 3.05) is 5.32 Å². The van der Waals surface area contributed by atoms with Gasteiger partial charge in [-0.1, -0.05) is 48.0 Å². The van der Waals surface area contributed by atoms with Crippen molar-refractivity contribution in [2.24, 2.45) is 5.10 Å². The van der Waals surface area contributed by atoms with Crippen molar-refractivity contribution < 1.29 is 9.59 Å². The van der Waals surface area contributed by atoms with Gasteiger partial charge in [0.15, 0.2) is 0 Å². The van der Waals surface area contributed by atoms with E-state index in [4.69, 9.17) is 0 Å². The lowest BCUT2D eigenvalue weighted by atomic mass is 10.2. The molecule has 7 nitrogen and oxygen atoms in total. The first kappa shape index (κ1) is 20.0. The third-order valence-electron chi connectivity index (χ3n) is 4.49. The van der Waals surface area contributed by atoms with E-state index in [1.165, 1.54) is 6.21 Å². The summed E-state index contributed by atoms with van der Waals surface area (Å²) in [6.45, 7) is 6.41. The molecule has 2 aromatic carbocycles. The van der Waals surface area contributed by atoms with Gasteiger partial charge in [-0.3, -0.25) is 14.3 Å². The van der Waals surface area contributed by atoms with Crippen LogP contribution in [0.25, 0.3) is 0 Å². The average molecular weight is 389 g/mol. The van der Waals surface area contributed by atoms with Crippen molar-refractivity contribution in [1.82, 2.24) is 15.2 Å². The van der Waals surface area contributed by atoms with Crippen LogP contribution in [0.1, 0.15) is 28.1 Å². The number of hydrazone groups is 1. The molecule has 0 radical (unpaired) electrons. The zero-order chi connectivity index (χ0) is 20.8. The van der Waals surface area contributed by atoms with Gasteiger partial charge in [0.1, 0.15) is 0 Å². The smallest absolute Gasteiger partial charge is 0.318 e. The molecule has 2 N–H and O–H groups in total. The number of amides is 2. The summed E-state index contributed by atoms with van der Waals surface area (Å²) < 4.78 is 1.89. The number of nitrogens with zero attached hydrogens (tertiary/aromatic N) is 3. The number of rotatable bonds is 5. The SMILES string of the molecule is Cc1ccc(NC(=O)C(=O)N/N=C\c2c(C)nn(Cc3ccccc3)c2C)cc1. The highest BCUT2D eigenvalue weighted by molar-refractivity contribution is 6.39. The number of hydrogen-bond donors (Lipinski definition) is 2. The van der Waals surface area contributed by atoms with Crippen molar-refractivity contribution in [1.29, 1.82) is 0 Å². The van der Waals surface area contributed by atoms with E-state index < -0.39 is 11.8 Å². The third-order valence-corrected chi connectivity index (χ3v) is 4.49. The van der Waals surface area contributed by atoms with E-state index in [-0.39, 0.29) is 0 Å². The van der Waals surface area contributed by atoms with Gasteiger partial charge in [-0.05, 0) is 38.5 Å². The fraction of sp³-hybridized carbons (Fsp3) is 0.182. The molecule has 0 aliphatic rings. The van der Waals surface area contributed by atoms with Gasteiger partial charge in [0.2, 0.25) is 0 Å². The van der Waals surface area contributed by atoms with Crippen LogP contribution in [0.2, 0.25) is 0 Å². The number of aromatic nitrogens is 2. The molecule has 148 valence electrons. The Labute approximate surface area is 169 Å². The molecule has 0 aliphatic heterocycles. The zero-order valence-electron chi connectivity index (χ0n) is 16.6. The van der Waals surface area contributed by atoms with Gasteiger partial charge < -0.3 is 5.32 Å². The van der Waals surface area contributed by atoms with Crippen LogP contribution in [-0.4, -0.2) is 27.8 Å². The van der Waals surface area contributed by atoms with Crippen molar-refractivity contribution >= 4 is 23.7 Å². The Bertz CT molecular complexity index is 1040. The summed E-state index contributed by atoms with van der Waals surface area (Å²) in [6.07, 6.45) is 1.51. The van der Waals surface area contributed by atoms with Gasteiger partial charge in [-0.2, -0.15) is 10.2 Å². The predicted molar refractivity (Wildman–Crippen MR) is 113 cm³/mol. The van der Waals surface area contributed by atoms with Crippen LogP contribution in [0.4, 0.5) is 5.69 Å². The minimum atomic E-state index is -0.839. The molecule has 0 fully saturated rings. The summed E-state index contributed by atoms with van der Waals surface area (Å²) in [6, 6.07) is 17.2. The van der Waals surface area contributed by atoms with E-state index in [2.05, 4.69) is 20.9 Å². The van der Waals surface area contributed by atoms with E-state index in [9.17, 15) is 9.59 Å². The fourth-order valence-corrected chi connectivity index (χ4v) is 2.84. The van der Waals surface area contributed by atoms with Crippen LogP contribution in [0.15, 0.2) is 59.7 Å². The second-order valence-electron chi connectivity index (χ2n) is 6.75. The number of hydrogen-bond acceptors (Lipinski definition) is 4. The van der Waals surface area contributed by atoms with E-state index in [1.807, 2.05) is 67.9 Å². The molecule has 2 amide bonds. The molecule has 0 bridgehead atoms. The molecule has 1 heterocycles. The van der Waals surface area contributed by atoms with Gasteiger partial charge in [-0.15, -0.1) is 0 Å². The Morgan fingerprint density at radius 3 is 2.38 bits per heavy atom. The van der Waals surface area contributed by atoms with Crippen LogP contribution < -0.4 is 10.7 Å². The molecular formula is C22H23N5O2. The molecule has 7 heteroatoms. The second kappa shape index (κ2) is 8.97. The van der Waals surface area contributed by atoms with Crippen molar-refractivity contribution in [3.8, 4) is 0 Å². The highest BCUT2D eigenvalue weighted by Gasteiger charge is 2.14. The Kier molecular flexibility index (Phi) is 6.19. The molecule has 3 rings (SSSR count). The van der Waals surface area contributed by atoms with E-state index >= 15 is 0 Å². The number of aryl methyl sites for hydroxylation is 2. The highest BCUT2D eigenvalue weighted by Crippen LogP contribution is 2.13. The third kappa shape index (κ3) is 5.16. The van der Waals surface area contributed by atoms with Crippen molar-refractivity contribution in [3.63, 3.8) is 0 Å². The molecule has 3 aromatic rings. The average Bonchev–Trinajstić information content (AvgIpc) is 2.97. The van der Waals surface area contributed by atoms with E-state index in [0.717, 1.165) is 28.1 Å². The maximum absolute atomic E-state index is 12.0. The predicted octanol–water partition coefficient (Wildman–Crippen LogP) is 2.95. The minimum Gasteiger partial charge on any atom is -0.318 e. The van der Waals surface area contributed by atoms with Crippen LogP contribution in [0, 0.1) is 20.8 Å². The minimum absolute atomic E-state index is 0.550. The van der Waals surface area contributed by atoms with Crippen LogP contribution >= 0.6 is 0 Å².